The molecule has 0 saturated carbocycles. The third kappa shape index (κ3) is 2.51. The molecule has 6 heteroatoms. The molecule has 0 N–H and O–H groups in total. The summed E-state index contributed by atoms with van der Waals surface area (Å²) in [5.74, 6) is -0.0955. The molecule has 1 aromatic heterocycles. The molecule has 0 aliphatic carbocycles. The van der Waals surface area contributed by atoms with Crippen molar-refractivity contribution < 1.29 is 4.92 Å². The number of nitro groups is 1. The van der Waals surface area contributed by atoms with Gasteiger partial charge in [-0.15, -0.1) is 0 Å². The summed E-state index contributed by atoms with van der Waals surface area (Å²) in [6.45, 7) is 1.35. The number of aromatic nitrogens is 2. The van der Waals surface area contributed by atoms with Crippen molar-refractivity contribution in [1.29, 1.82) is 0 Å². The van der Waals surface area contributed by atoms with E-state index in [2.05, 4.69) is 4.98 Å². The van der Waals surface area contributed by atoms with Gasteiger partial charge in [0, 0.05) is 6.54 Å². The Balaban J connectivity index is 2.65. The first-order chi connectivity index (χ1) is 6.11. The van der Waals surface area contributed by atoms with Crippen molar-refractivity contribution in [2.45, 2.75) is 6.54 Å². The number of imidazole rings is 1. The van der Waals surface area contributed by atoms with Gasteiger partial charge in [0.2, 0.25) is 0 Å². The number of nitrogens with zero attached hydrogens (tertiary/aromatic N) is 4. The molecule has 0 atom stereocenters. The van der Waals surface area contributed by atoms with Gasteiger partial charge in [-0.2, -0.15) is 0 Å². The van der Waals surface area contributed by atoms with E-state index in [0.717, 1.165) is 6.54 Å². The van der Waals surface area contributed by atoms with Crippen molar-refractivity contribution in [2.24, 2.45) is 0 Å². The van der Waals surface area contributed by atoms with Crippen LogP contribution in [0.1, 0.15) is 0 Å². The van der Waals surface area contributed by atoms with E-state index < -0.39 is 4.92 Å². The highest BCUT2D eigenvalue weighted by Gasteiger charge is 2.12. The van der Waals surface area contributed by atoms with Gasteiger partial charge in [0.05, 0.1) is 6.54 Å². The van der Waals surface area contributed by atoms with Crippen LogP contribution in [0.25, 0.3) is 0 Å². The minimum Gasteiger partial charge on any atom is -0.390 e. The molecule has 1 aromatic rings. The van der Waals surface area contributed by atoms with Gasteiger partial charge in [-0.05, 0) is 19.0 Å². The second-order valence-corrected chi connectivity index (χ2v) is 2.98. The molecule has 0 unspecified atom stereocenters. The molecule has 0 fully saturated rings. The van der Waals surface area contributed by atoms with Gasteiger partial charge in [-0.3, -0.25) is 0 Å². The maximum Gasteiger partial charge on any atom is 0.434 e. The maximum absolute atomic E-state index is 10.4. The summed E-state index contributed by atoms with van der Waals surface area (Å²) < 4.78 is 1.53. The first-order valence-corrected chi connectivity index (χ1v) is 3.91. The number of hydrogen-bond donors (Lipinski definition) is 0. The molecule has 0 spiro atoms. The topological polar surface area (TPSA) is 64.2 Å². The molecule has 1 rings (SSSR count). The van der Waals surface area contributed by atoms with Crippen LogP contribution in [0.15, 0.2) is 12.4 Å². The predicted molar refractivity (Wildman–Crippen MR) is 47.4 cm³/mol. The molecule has 0 aromatic carbocycles. The van der Waals surface area contributed by atoms with Crippen molar-refractivity contribution in [1.82, 2.24) is 14.5 Å². The Kier molecular flexibility index (Phi) is 2.97. The van der Waals surface area contributed by atoms with E-state index in [1.807, 2.05) is 19.0 Å². The van der Waals surface area contributed by atoms with Crippen molar-refractivity contribution >= 4 is 5.95 Å². The summed E-state index contributed by atoms with van der Waals surface area (Å²) in [5.41, 5.74) is 0. The average Bonchev–Trinajstić information content (AvgIpc) is 2.47. The van der Waals surface area contributed by atoms with Gasteiger partial charge >= 0.3 is 5.95 Å². The minimum atomic E-state index is -0.477. The van der Waals surface area contributed by atoms with Crippen LogP contribution in [0.2, 0.25) is 0 Å². The van der Waals surface area contributed by atoms with Gasteiger partial charge in [-0.1, -0.05) is 4.98 Å². The standard InChI is InChI=1S/C7H12N4O2/c1-9(2)5-6-10-4-3-8-7(10)11(12)13/h3-4H,5-6H2,1-2H3. The number of hydrogen-bond acceptors (Lipinski definition) is 4. The van der Waals surface area contributed by atoms with E-state index in [0.29, 0.717) is 6.54 Å². The van der Waals surface area contributed by atoms with E-state index in [1.165, 1.54) is 10.8 Å². The Hall–Kier alpha value is -1.43. The second-order valence-electron chi connectivity index (χ2n) is 2.98. The molecule has 0 bridgehead atoms. The lowest BCUT2D eigenvalue weighted by atomic mass is 10.5. The lowest BCUT2D eigenvalue weighted by molar-refractivity contribution is -0.396. The van der Waals surface area contributed by atoms with Crippen LogP contribution in [0, 0.1) is 10.1 Å². The first kappa shape index (κ1) is 9.66. The fourth-order valence-corrected chi connectivity index (χ4v) is 0.956. The Bertz CT molecular complexity index is 294. The van der Waals surface area contributed by atoms with Crippen LogP contribution >= 0.6 is 0 Å². The molecule has 1 heterocycles. The molecule has 72 valence electrons. The van der Waals surface area contributed by atoms with Crippen LogP contribution in [0.4, 0.5) is 5.95 Å². The number of rotatable bonds is 4. The SMILES string of the molecule is CN(C)CCn1ccnc1[N+](=O)[O-]. The monoisotopic (exact) mass is 184 g/mol. The van der Waals surface area contributed by atoms with Crippen molar-refractivity contribution in [3.05, 3.63) is 22.5 Å². The van der Waals surface area contributed by atoms with Crippen LogP contribution in [0.3, 0.4) is 0 Å². The summed E-state index contributed by atoms with van der Waals surface area (Å²) in [5, 5.41) is 10.4. The fraction of sp³-hybridized carbons (Fsp3) is 0.571. The number of likely N-dealkylation sites (N-methyl/N-ethyl adjacent to an activating group) is 1. The van der Waals surface area contributed by atoms with E-state index in [9.17, 15) is 10.1 Å². The lowest BCUT2D eigenvalue weighted by Crippen LogP contribution is -2.18. The highest BCUT2D eigenvalue weighted by Crippen LogP contribution is 2.06. The van der Waals surface area contributed by atoms with E-state index >= 15 is 0 Å². The van der Waals surface area contributed by atoms with E-state index in [1.54, 1.807) is 6.20 Å². The van der Waals surface area contributed by atoms with Gasteiger partial charge < -0.3 is 15.0 Å². The third-order valence-electron chi connectivity index (χ3n) is 1.64. The van der Waals surface area contributed by atoms with Crippen molar-refractivity contribution in [3.63, 3.8) is 0 Å². The van der Waals surface area contributed by atoms with Crippen LogP contribution < -0.4 is 0 Å². The Morgan fingerprint density at radius 3 is 2.92 bits per heavy atom. The molecule has 0 aliphatic heterocycles. The van der Waals surface area contributed by atoms with Crippen molar-refractivity contribution in [2.75, 3.05) is 20.6 Å². The van der Waals surface area contributed by atoms with Crippen LogP contribution in [-0.2, 0) is 6.54 Å². The van der Waals surface area contributed by atoms with Crippen LogP contribution in [-0.4, -0.2) is 40.0 Å². The zero-order chi connectivity index (χ0) is 9.84. The molecule has 0 amide bonds. The Morgan fingerprint density at radius 2 is 2.38 bits per heavy atom. The summed E-state index contributed by atoms with van der Waals surface area (Å²) in [6, 6.07) is 0. The first-order valence-electron chi connectivity index (χ1n) is 3.91. The molecule has 0 radical (unpaired) electrons. The average molecular weight is 184 g/mol. The Labute approximate surface area is 75.9 Å². The van der Waals surface area contributed by atoms with Crippen LogP contribution in [0.5, 0.6) is 0 Å². The van der Waals surface area contributed by atoms with Gasteiger partial charge in [0.25, 0.3) is 0 Å². The zero-order valence-electron chi connectivity index (χ0n) is 7.67. The Morgan fingerprint density at radius 1 is 1.69 bits per heavy atom. The smallest absolute Gasteiger partial charge is 0.390 e. The largest absolute Gasteiger partial charge is 0.434 e. The molecule has 6 nitrogen and oxygen atoms in total. The molecule has 13 heavy (non-hydrogen) atoms. The summed E-state index contributed by atoms with van der Waals surface area (Å²) in [4.78, 5) is 15.6. The predicted octanol–water partition coefficient (Wildman–Crippen LogP) is 0.353. The molecule has 0 saturated heterocycles. The van der Waals surface area contributed by atoms with Gasteiger partial charge in [0.1, 0.15) is 12.4 Å². The molecular weight excluding hydrogens is 172 g/mol. The van der Waals surface area contributed by atoms with Crippen molar-refractivity contribution in [3.8, 4) is 0 Å². The zero-order valence-corrected chi connectivity index (χ0v) is 7.67. The van der Waals surface area contributed by atoms with Gasteiger partial charge in [-0.25, -0.2) is 4.57 Å². The third-order valence-corrected chi connectivity index (χ3v) is 1.64. The fourth-order valence-electron chi connectivity index (χ4n) is 0.956. The lowest BCUT2D eigenvalue weighted by Gasteiger charge is -2.07. The van der Waals surface area contributed by atoms with E-state index in [4.69, 9.17) is 0 Å². The van der Waals surface area contributed by atoms with Gasteiger partial charge in [0.15, 0.2) is 0 Å². The summed E-state index contributed by atoms with van der Waals surface area (Å²) in [7, 11) is 3.84. The highest BCUT2D eigenvalue weighted by molar-refractivity contribution is 5.06. The normalized spacial score (nSPS) is 10.7. The second kappa shape index (κ2) is 3.99. The maximum atomic E-state index is 10.4. The molecule has 0 aliphatic rings. The summed E-state index contributed by atoms with van der Waals surface area (Å²) in [6.07, 6.45) is 3.05. The quantitative estimate of drug-likeness (QED) is 0.500. The highest BCUT2D eigenvalue weighted by atomic mass is 16.6. The molecular formula is C7H12N4O2. The minimum absolute atomic E-state index is 0.0955. The van der Waals surface area contributed by atoms with E-state index in [-0.39, 0.29) is 5.95 Å². The summed E-state index contributed by atoms with van der Waals surface area (Å²) >= 11 is 0.